The van der Waals surface area contributed by atoms with E-state index in [0.29, 0.717) is 48.1 Å². The molecule has 0 unspecified atom stereocenters. The Morgan fingerprint density at radius 2 is 1.70 bits per heavy atom. The molecule has 4 rings (SSSR count). The van der Waals surface area contributed by atoms with Gasteiger partial charge in [0.05, 0.1) is 10.5 Å². The number of aromatic nitrogens is 5. The van der Waals surface area contributed by atoms with Crippen LogP contribution in [0.5, 0.6) is 0 Å². The zero-order valence-electron chi connectivity index (χ0n) is 15.1. The van der Waals surface area contributed by atoms with Gasteiger partial charge in [0.2, 0.25) is 5.95 Å². The Morgan fingerprint density at radius 3 is 2.37 bits per heavy atom. The van der Waals surface area contributed by atoms with Crippen LogP contribution in [0.25, 0.3) is 11.2 Å². The average molecular weight is 387 g/mol. The minimum absolute atomic E-state index is 0.107. The number of anilines is 1. The van der Waals surface area contributed by atoms with E-state index in [-0.39, 0.29) is 6.04 Å². The summed E-state index contributed by atoms with van der Waals surface area (Å²) in [4.78, 5) is 40.3. The summed E-state index contributed by atoms with van der Waals surface area (Å²) in [7, 11) is 1.56. The van der Waals surface area contributed by atoms with Gasteiger partial charge in [0.15, 0.2) is 5.65 Å². The lowest BCUT2D eigenvalue weighted by Gasteiger charge is -2.33. The predicted molar refractivity (Wildman–Crippen MR) is 104 cm³/mol. The highest BCUT2D eigenvalue weighted by Gasteiger charge is 2.26. The molecular weight excluding hydrogens is 368 g/mol. The highest BCUT2D eigenvalue weighted by atomic mass is 35.5. The smallest absolute Gasteiger partial charge is 0.318 e. The molecule has 0 spiro atoms. The van der Waals surface area contributed by atoms with E-state index in [1.807, 2.05) is 6.92 Å². The Hall–Kier alpha value is -2.74. The fourth-order valence-corrected chi connectivity index (χ4v) is 3.67. The number of aryl methyl sites for hydroxylation is 2. The Kier molecular flexibility index (Phi) is 4.43. The number of fused-ring (bicyclic) bond motifs is 1. The summed E-state index contributed by atoms with van der Waals surface area (Å²) < 4.78 is 2.84. The van der Waals surface area contributed by atoms with Crippen LogP contribution in [0.15, 0.2) is 34.2 Å². The fraction of sp³-hybridized carbons (Fsp3) is 0.389. The van der Waals surface area contributed by atoms with E-state index in [9.17, 15) is 9.59 Å². The van der Waals surface area contributed by atoms with Gasteiger partial charge in [0.25, 0.3) is 0 Å². The topological polar surface area (TPSA) is 85.9 Å². The van der Waals surface area contributed by atoms with Crippen molar-refractivity contribution in [2.75, 3.05) is 18.0 Å². The summed E-state index contributed by atoms with van der Waals surface area (Å²) in [6, 6.07) is 1.56. The molecule has 9 heteroatoms. The van der Waals surface area contributed by atoms with Crippen LogP contribution in [0.2, 0.25) is 5.02 Å². The molecule has 8 nitrogen and oxygen atoms in total. The predicted octanol–water partition coefficient (Wildman–Crippen LogP) is 1.69. The molecule has 1 aliphatic heterocycles. The second-order valence-electron chi connectivity index (χ2n) is 6.81. The van der Waals surface area contributed by atoms with Gasteiger partial charge in [-0.05, 0) is 31.4 Å². The highest BCUT2D eigenvalue weighted by molar-refractivity contribution is 6.31. The van der Waals surface area contributed by atoms with Crippen molar-refractivity contribution in [3.05, 3.63) is 56.0 Å². The molecule has 4 heterocycles. The molecule has 1 saturated heterocycles. The first-order valence-electron chi connectivity index (χ1n) is 8.76. The van der Waals surface area contributed by atoms with E-state index < -0.39 is 11.1 Å². The van der Waals surface area contributed by atoms with Crippen LogP contribution in [0, 0.1) is 6.92 Å². The number of piperidine rings is 1. The quantitative estimate of drug-likeness (QED) is 0.623. The standard InChI is InChI=1S/C18H19ClN6O2/c1-11-8-21-18(22-9-11)24-5-3-13(4-6-24)25-15-14(7-12(19)10-20-15)23(2)16(26)17(25)27/h7-10,13H,3-6H2,1-2H3. The molecule has 1 aliphatic rings. The lowest BCUT2D eigenvalue weighted by molar-refractivity contribution is 0.389. The number of hydrogen-bond acceptors (Lipinski definition) is 6. The SMILES string of the molecule is Cc1cnc(N2CCC(n3c(=O)c(=O)n(C)c4cc(Cl)cnc43)CC2)nc1. The van der Waals surface area contributed by atoms with Crippen molar-refractivity contribution < 1.29 is 0 Å². The van der Waals surface area contributed by atoms with Gasteiger partial charge < -0.3 is 9.47 Å². The molecule has 27 heavy (non-hydrogen) atoms. The van der Waals surface area contributed by atoms with Gasteiger partial charge in [-0.15, -0.1) is 0 Å². The highest BCUT2D eigenvalue weighted by Crippen LogP contribution is 2.26. The van der Waals surface area contributed by atoms with Gasteiger partial charge in [-0.25, -0.2) is 15.0 Å². The van der Waals surface area contributed by atoms with Crippen LogP contribution in [0.1, 0.15) is 24.4 Å². The molecule has 0 aromatic carbocycles. The number of nitrogens with zero attached hydrogens (tertiary/aromatic N) is 6. The molecule has 0 amide bonds. The van der Waals surface area contributed by atoms with Crippen molar-refractivity contribution in [1.82, 2.24) is 24.1 Å². The van der Waals surface area contributed by atoms with Crippen LogP contribution in [-0.4, -0.2) is 37.2 Å². The molecule has 0 atom stereocenters. The second kappa shape index (κ2) is 6.77. The lowest BCUT2D eigenvalue weighted by atomic mass is 10.0. The van der Waals surface area contributed by atoms with Crippen LogP contribution in [0.3, 0.4) is 0 Å². The van der Waals surface area contributed by atoms with Crippen molar-refractivity contribution in [3.8, 4) is 0 Å². The summed E-state index contributed by atoms with van der Waals surface area (Å²) in [5.41, 5.74) is 0.921. The first-order valence-corrected chi connectivity index (χ1v) is 9.14. The van der Waals surface area contributed by atoms with Crippen LogP contribution in [0.4, 0.5) is 5.95 Å². The first kappa shape index (κ1) is 17.7. The first-order chi connectivity index (χ1) is 13.0. The molecule has 0 N–H and O–H groups in total. The number of hydrogen-bond donors (Lipinski definition) is 0. The molecule has 0 aliphatic carbocycles. The molecule has 0 saturated carbocycles. The van der Waals surface area contributed by atoms with E-state index in [2.05, 4.69) is 19.9 Å². The lowest BCUT2D eigenvalue weighted by Crippen LogP contribution is -2.45. The van der Waals surface area contributed by atoms with Gasteiger partial charge in [-0.3, -0.25) is 14.2 Å². The fourth-order valence-electron chi connectivity index (χ4n) is 3.52. The van der Waals surface area contributed by atoms with E-state index in [1.165, 1.54) is 15.3 Å². The number of rotatable bonds is 2. The Labute approximate surface area is 160 Å². The molecule has 140 valence electrons. The zero-order chi connectivity index (χ0) is 19.1. The van der Waals surface area contributed by atoms with Crippen LogP contribution in [-0.2, 0) is 7.05 Å². The Morgan fingerprint density at radius 1 is 1.04 bits per heavy atom. The summed E-state index contributed by atoms with van der Waals surface area (Å²) in [6.45, 7) is 3.34. The number of pyridine rings is 1. The van der Waals surface area contributed by atoms with Crippen molar-refractivity contribution >= 4 is 28.7 Å². The van der Waals surface area contributed by atoms with E-state index in [1.54, 1.807) is 25.5 Å². The van der Waals surface area contributed by atoms with Crippen LogP contribution >= 0.6 is 11.6 Å². The third-order valence-corrected chi connectivity index (χ3v) is 5.20. The minimum atomic E-state index is -0.573. The molecular formula is C18H19ClN6O2. The number of halogens is 1. The summed E-state index contributed by atoms with van der Waals surface area (Å²) in [5, 5.41) is 0.425. The summed E-state index contributed by atoms with van der Waals surface area (Å²) in [5.74, 6) is 0.685. The van der Waals surface area contributed by atoms with Crippen molar-refractivity contribution in [2.45, 2.75) is 25.8 Å². The van der Waals surface area contributed by atoms with Crippen molar-refractivity contribution in [2.24, 2.45) is 7.05 Å². The normalized spacial score (nSPS) is 15.4. The third kappa shape index (κ3) is 3.10. The van der Waals surface area contributed by atoms with Crippen molar-refractivity contribution in [3.63, 3.8) is 0 Å². The van der Waals surface area contributed by atoms with Gasteiger partial charge in [-0.2, -0.15) is 0 Å². The van der Waals surface area contributed by atoms with Crippen molar-refractivity contribution in [1.29, 1.82) is 0 Å². The van der Waals surface area contributed by atoms with E-state index >= 15 is 0 Å². The molecule has 1 fully saturated rings. The maximum Gasteiger partial charge on any atom is 0.318 e. The van der Waals surface area contributed by atoms with Gasteiger partial charge in [0, 0.05) is 44.8 Å². The minimum Gasteiger partial charge on any atom is -0.341 e. The molecule has 3 aromatic rings. The van der Waals surface area contributed by atoms with E-state index in [4.69, 9.17) is 11.6 Å². The molecule has 0 bridgehead atoms. The Bertz CT molecular complexity index is 1110. The largest absolute Gasteiger partial charge is 0.341 e. The molecule has 3 aromatic heterocycles. The van der Waals surface area contributed by atoms with Crippen LogP contribution < -0.4 is 16.0 Å². The van der Waals surface area contributed by atoms with Gasteiger partial charge in [0.1, 0.15) is 0 Å². The zero-order valence-corrected chi connectivity index (χ0v) is 15.8. The Balaban J connectivity index is 1.69. The second-order valence-corrected chi connectivity index (χ2v) is 7.25. The van der Waals surface area contributed by atoms with Gasteiger partial charge >= 0.3 is 11.1 Å². The maximum atomic E-state index is 12.7. The van der Waals surface area contributed by atoms with E-state index in [0.717, 1.165) is 5.56 Å². The maximum absolute atomic E-state index is 12.7. The van der Waals surface area contributed by atoms with Gasteiger partial charge in [-0.1, -0.05) is 11.6 Å². The summed E-state index contributed by atoms with van der Waals surface area (Å²) >= 11 is 6.03. The average Bonchev–Trinajstić information content (AvgIpc) is 2.68. The summed E-state index contributed by atoms with van der Waals surface area (Å²) in [6.07, 6.45) is 6.48. The monoisotopic (exact) mass is 386 g/mol. The molecule has 0 radical (unpaired) electrons. The third-order valence-electron chi connectivity index (χ3n) is 4.99.